The van der Waals surface area contributed by atoms with E-state index in [-0.39, 0.29) is 28.1 Å². The summed E-state index contributed by atoms with van der Waals surface area (Å²) in [4.78, 5) is 4.19. The van der Waals surface area contributed by atoms with Gasteiger partial charge in [-0.2, -0.15) is 18.2 Å². The second kappa shape index (κ2) is 6.71. The molecule has 4 rings (SSSR count). The summed E-state index contributed by atoms with van der Waals surface area (Å²) < 4.78 is 71.8. The molecule has 0 unspecified atom stereocenters. The van der Waals surface area contributed by atoms with E-state index in [4.69, 9.17) is 4.52 Å². The molecule has 28 heavy (non-hydrogen) atoms. The Labute approximate surface area is 158 Å². The van der Waals surface area contributed by atoms with Gasteiger partial charge in [0.25, 0.3) is 0 Å². The van der Waals surface area contributed by atoms with Crippen LogP contribution in [0, 0.1) is 0 Å². The van der Waals surface area contributed by atoms with Gasteiger partial charge in [0.1, 0.15) is 0 Å². The molecule has 2 aromatic carbocycles. The van der Waals surface area contributed by atoms with Crippen LogP contribution >= 0.6 is 0 Å². The number of hydrogen-bond acceptors (Lipinski definition) is 5. The highest BCUT2D eigenvalue weighted by Gasteiger charge is 2.45. The lowest BCUT2D eigenvalue weighted by Crippen LogP contribution is -2.26. The summed E-state index contributed by atoms with van der Waals surface area (Å²) in [5.74, 6) is -0.454. The molecule has 146 valence electrons. The van der Waals surface area contributed by atoms with Gasteiger partial charge in [0.2, 0.25) is 21.7 Å². The number of aromatic nitrogens is 2. The fourth-order valence-electron chi connectivity index (χ4n) is 2.89. The summed E-state index contributed by atoms with van der Waals surface area (Å²) in [5.41, 5.74) is -1.05. The first-order chi connectivity index (χ1) is 13.3. The highest BCUT2D eigenvalue weighted by atomic mass is 32.2. The van der Waals surface area contributed by atoms with Crippen molar-refractivity contribution in [3.8, 4) is 11.4 Å². The number of rotatable bonds is 5. The largest absolute Gasteiger partial charge is 0.417 e. The standard InChI is InChI=1S/C18H14F3N3O3S/c19-18(20,21)14-9-5-4-8-12(14)16-22-17(27-23-16)13-10-15(13)24-28(25,26)11-6-2-1-3-7-11/h1-9,13,15,24H,10H2/t13-,15-/m1/s1. The molecular weight excluding hydrogens is 395 g/mol. The van der Waals surface area contributed by atoms with Crippen molar-refractivity contribution in [2.24, 2.45) is 0 Å². The van der Waals surface area contributed by atoms with Crippen LogP contribution in [-0.2, 0) is 16.2 Å². The van der Waals surface area contributed by atoms with Gasteiger partial charge in [-0.25, -0.2) is 13.1 Å². The van der Waals surface area contributed by atoms with Crippen LogP contribution in [-0.4, -0.2) is 24.6 Å². The van der Waals surface area contributed by atoms with Crippen molar-refractivity contribution < 1.29 is 26.1 Å². The number of nitrogens with one attached hydrogen (secondary N) is 1. The molecule has 0 radical (unpaired) electrons. The van der Waals surface area contributed by atoms with Gasteiger partial charge < -0.3 is 4.52 Å². The summed E-state index contributed by atoms with van der Waals surface area (Å²) in [7, 11) is -3.70. The van der Waals surface area contributed by atoms with Crippen LogP contribution in [0.4, 0.5) is 13.2 Å². The van der Waals surface area contributed by atoms with E-state index in [0.717, 1.165) is 6.07 Å². The lowest BCUT2D eigenvalue weighted by atomic mass is 10.1. The molecule has 0 aliphatic heterocycles. The molecule has 0 amide bonds. The third-order valence-electron chi connectivity index (χ3n) is 4.38. The van der Waals surface area contributed by atoms with Gasteiger partial charge in [-0.15, -0.1) is 0 Å². The van der Waals surface area contributed by atoms with Crippen LogP contribution in [0.15, 0.2) is 64.0 Å². The van der Waals surface area contributed by atoms with Gasteiger partial charge in [-0.3, -0.25) is 0 Å². The third-order valence-corrected chi connectivity index (χ3v) is 5.89. The molecule has 3 aromatic rings. The lowest BCUT2D eigenvalue weighted by molar-refractivity contribution is -0.137. The smallest absolute Gasteiger partial charge is 0.339 e. The first kappa shape index (κ1) is 18.6. The molecule has 6 nitrogen and oxygen atoms in total. The predicted molar refractivity (Wildman–Crippen MR) is 92.6 cm³/mol. The van der Waals surface area contributed by atoms with Crippen molar-refractivity contribution in [2.75, 3.05) is 0 Å². The number of nitrogens with zero attached hydrogens (tertiary/aromatic N) is 2. The quantitative estimate of drug-likeness (QED) is 0.696. The van der Waals surface area contributed by atoms with Gasteiger partial charge in [0.15, 0.2) is 0 Å². The maximum Gasteiger partial charge on any atom is 0.417 e. The zero-order valence-electron chi connectivity index (χ0n) is 14.2. The van der Waals surface area contributed by atoms with Gasteiger partial charge in [0, 0.05) is 11.6 Å². The SMILES string of the molecule is O=S(=O)(N[C@@H]1C[C@H]1c1nc(-c2ccccc2C(F)(F)F)no1)c1ccccc1. The molecule has 1 aliphatic carbocycles. The molecular formula is C18H14F3N3O3S. The second-order valence-corrected chi connectivity index (χ2v) is 8.10. The summed E-state index contributed by atoms with van der Waals surface area (Å²) in [6.45, 7) is 0. The molecule has 1 fully saturated rings. The lowest BCUT2D eigenvalue weighted by Gasteiger charge is -2.09. The van der Waals surface area contributed by atoms with Crippen LogP contribution in [0.2, 0.25) is 0 Å². The Hall–Kier alpha value is -2.72. The molecule has 0 saturated heterocycles. The van der Waals surface area contributed by atoms with E-state index in [1.54, 1.807) is 18.2 Å². The molecule has 1 N–H and O–H groups in total. The van der Waals surface area contributed by atoms with E-state index in [9.17, 15) is 21.6 Å². The Bertz CT molecular complexity index is 1100. The first-order valence-corrected chi connectivity index (χ1v) is 9.81. The predicted octanol–water partition coefficient (Wildman–Crippen LogP) is 3.59. The van der Waals surface area contributed by atoms with E-state index in [0.29, 0.717) is 6.42 Å². The minimum absolute atomic E-state index is 0.104. The Kier molecular flexibility index (Phi) is 4.47. The normalized spacial score (nSPS) is 19.5. The van der Waals surface area contributed by atoms with Crippen LogP contribution < -0.4 is 4.72 Å². The zero-order valence-corrected chi connectivity index (χ0v) is 15.0. The van der Waals surface area contributed by atoms with Crippen molar-refractivity contribution in [1.82, 2.24) is 14.9 Å². The molecule has 0 spiro atoms. The van der Waals surface area contributed by atoms with Gasteiger partial charge in [-0.1, -0.05) is 41.6 Å². The van der Waals surface area contributed by atoms with Crippen molar-refractivity contribution in [3.63, 3.8) is 0 Å². The first-order valence-electron chi connectivity index (χ1n) is 8.33. The van der Waals surface area contributed by atoms with E-state index >= 15 is 0 Å². The van der Waals surface area contributed by atoms with Crippen LogP contribution in [0.25, 0.3) is 11.4 Å². The van der Waals surface area contributed by atoms with Crippen molar-refractivity contribution >= 4 is 10.0 Å². The average Bonchev–Trinajstić information content (AvgIpc) is 3.23. The highest BCUT2D eigenvalue weighted by Crippen LogP contribution is 2.42. The number of benzene rings is 2. The Morgan fingerprint density at radius 2 is 1.71 bits per heavy atom. The fraction of sp³-hybridized carbons (Fsp3) is 0.222. The molecule has 10 heteroatoms. The highest BCUT2D eigenvalue weighted by molar-refractivity contribution is 7.89. The molecule has 1 heterocycles. The van der Waals surface area contributed by atoms with Gasteiger partial charge >= 0.3 is 6.18 Å². The van der Waals surface area contributed by atoms with Crippen molar-refractivity contribution in [3.05, 3.63) is 66.1 Å². The fourth-order valence-corrected chi connectivity index (χ4v) is 4.20. The second-order valence-electron chi connectivity index (χ2n) is 6.38. The van der Waals surface area contributed by atoms with Gasteiger partial charge in [-0.05, 0) is 24.6 Å². The minimum Gasteiger partial charge on any atom is -0.339 e. The Balaban J connectivity index is 1.52. The Morgan fingerprint density at radius 3 is 2.43 bits per heavy atom. The van der Waals surface area contributed by atoms with Crippen molar-refractivity contribution in [2.45, 2.75) is 29.5 Å². The summed E-state index contributed by atoms with van der Waals surface area (Å²) in [6.07, 6.45) is -4.13. The molecule has 2 atom stereocenters. The number of alkyl halides is 3. The number of hydrogen-bond donors (Lipinski definition) is 1. The average molecular weight is 409 g/mol. The maximum absolute atomic E-state index is 13.2. The van der Waals surface area contributed by atoms with E-state index in [1.165, 1.54) is 30.3 Å². The molecule has 0 bridgehead atoms. The molecule has 1 aromatic heterocycles. The van der Waals surface area contributed by atoms with Crippen LogP contribution in [0.3, 0.4) is 0 Å². The number of halogens is 3. The molecule has 1 saturated carbocycles. The third kappa shape index (κ3) is 3.65. The summed E-state index contributed by atoms with van der Waals surface area (Å²) in [6, 6.07) is 12.4. The number of sulfonamides is 1. The minimum atomic E-state index is -4.55. The monoisotopic (exact) mass is 409 g/mol. The van der Waals surface area contributed by atoms with Crippen LogP contribution in [0.5, 0.6) is 0 Å². The maximum atomic E-state index is 13.2. The van der Waals surface area contributed by atoms with Gasteiger partial charge in [0.05, 0.1) is 16.4 Å². The van der Waals surface area contributed by atoms with Crippen LogP contribution in [0.1, 0.15) is 23.8 Å². The van der Waals surface area contributed by atoms with Crippen molar-refractivity contribution in [1.29, 1.82) is 0 Å². The Morgan fingerprint density at radius 1 is 1.04 bits per heavy atom. The van der Waals surface area contributed by atoms with E-state index in [2.05, 4.69) is 14.9 Å². The topological polar surface area (TPSA) is 85.1 Å². The zero-order chi connectivity index (χ0) is 19.9. The molecule has 1 aliphatic rings. The summed E-state index contributed by atoms with van der Waals surface area (Å²) >= 11 is 0. The summed E-state index contributed by atoms with van der Waals surface area (Å²) in [5, 5.41) is 3.65. The van der Waals surface area contributed by atoms with E-state index in [1.807, 2.05) is 0 Å². The van der Waals surface area contributed by atoms with E-state index < -0.39 is 27.8 Å².